The van der Waals surface area contributed by atoms with Gasteiger partial charge >= 0.3 is 0 Å². The summed E-state index contributed by atoms with van der Waals surface area (Å²) in [5.41, 5.74) is 7.22. The molecule has 1 atom stereocenters. The predicted octanol–water partition coefficient (Wildman–Crippen LogP) is 1.34. The number of hydrogen-bond donors (Lipinski definition) is 1. The van der Waals surface area contributed by atoms with Crippen LogP contribution in [-0.2, 0) is 27.8 Å². The number of aromatic nitrogens is 1. The van der Waals surface area contributed by atoms with Crippen molar-refractivity contribution in [3.63, 3.8) is 0 Å². The highest BCUT2D eigenvalue weighted by Gasteiger charge is 2.38. The summed E-state index contributed by atoms with van der Waals surface area (Å²) in [5.74, 6) is -0.676. The first-order valence-electron chi connectivity index (χ1n) is 6.89. The van der Waals surface area contributed by atoms with Crippen molar-refractivity contribution in [1.82, 2.24) is 9.29 Å². The number of nitrogens with zero attached hydrogens (tertiary/aromatic N) is 2. The van der Waals surface area contributed by atoms with Gasteiger partial charge in [0.15, 0.2) is 0 Å². The highest BCUT2D eigenvalue weighted by molar-refractivity contribution is 7.89. The number of hydrogen-bond acceptors (Lipinski definition) is 4. The predicted molar refractivity (Wildman–Crippen MR) is 85.1 cm³/mol. The maximum Gasteiger partial charge on any atom is 0.245 e. The Labute approximate surface area is 138 Å². The quantitative estimate of drug-likeness (QED) is 0.844. The van der Waals surface area contributed by atoms with Crippen molar-refractivity contribution in [2.45, 2.75) is 23.9 Å². The largest absolute Gasteiger partial charge is 0.368 e. The zero-order chi connectivity index (χ0) is 16.6. The maximum absolute atomic E-state index is 12.9. The summed E-state index contributed by atoms with van der Waals surface area (Å²) in [6, 6.07) is 9.23. The number of carbonyl (C=O) groups excluding carboxylic acids is 1. The molecule has 1 aliphatic heterocycles. The van der Waals surface area contributed by atoms with E-state index in [4.69, 9.17) is 17.3 Å². The van der Waals surface area contributed by atoms with E-state index in [0.29, 0.717) is 0 Å². The van der Waals surface area contributed by atoms with Crippen molar-refractivity contribution in [3.05, 3.63) is 58.9 Å². The van der Waals surface area contributed by atoms with Gasteiger partial charge in [-0.25, -0.2) is 13.4 Å². The number of benzene rings is 1. The molecule has 2 N–H and O–H groups in total. The number of amides is 1. The van der Waals surface area contributed by atoms with Gasteiger partial charge in [0.05, 0.1) is 0 Å². The van der Waals surface area contributed by atoms with Crippen LogP contribution in [0.4, 0.5) is 0 Å². The van der Waals surface area contributed by atoms with Crippen molar-refractivity contribution in [2.24, 2.45) is 5.73 Å². The van der Waals surface area contributed by atoms with Crippen LogP contribution in [0.2, 0.25) is 5.15 Å². The van der Waals surface area contributed by atoms with E-state index in [1.165, 1.54) is 18.3 Å². The summed E-state index contributed by atoms with van der Waals surface area (Å²) in [7, 11) is -3.90. The minimum atomic E-state index is -3.90. The number of halogens is 1. The molecule has 0 bridgehead atoms. The molecule has 3 rings (SSSR count). The number of rotatable bonds is 3. The Morgan fingerprint density at radius 1 is 1.22 bits per heavy atom. The topological polar surface area (TPSA) is 93.4 Å². The van der Waals surface area contributed by atoms with Crippen LogP contribution in [-0.4, -0.2) is 29.7 Å². The molecular weight excluding hydrogens is 338 g/mol. The van der Waals surface area contributed by atoms with E-state index in [1.54, 1.807) is 0 Å². The van der Waals surface area contributed by atoms with E-state index in [2.05, 4.69) is 4.98 Å². The number of sulfonamides is 1. The Bertz CT molecular complexity index is 853. The molecule has 0 saturated carbocycles. The van der Waals surface area contributed by atoms with Crippen LogP contribution in [0.5, 0.6) is 0 Å². The molecule has 0 unspecified atom stereocenters. The van der Waals surface area contributed by atoms with Crippen molar-refractivity contribution in [3.8, 4) is 0 Å². The van der Waals surface area contributed by atoms with Crippen molar-refractivity contribution in [2.75, 3.05) is 0 Å². The molecule has 1 amide bonds. The summed E-state index contributed by atoms with van der Waals surface area (Å²) >= 11 is 5.70. The number of carbonyl (C=O) groups is 1. The first-order valence-corrected chi connectivity index (χ1v) is 8.71. The summed E-state index contributed by atoms with van der Waals surface area (Å²) in [5, 5.41) is 0.194. The van der Waals surface area contributed by atoms with Gasteiger partial charge in [0.25, 0.3) is 0 Å². The third-order valence-electron chi connectivity index (χ3n) is 3.84. The highest BCUT2D eigenvalue weighted by atomic mass is 35.5. The molecule has 2 aromatic rings. The van der Waals surface area contributed by atoms with Crippen LogP contribution in [0, 0.1) is 0 Å². The third-order valence-corrected chi connectivity index (χ3v) is 5.90. The lowest BCUT2D eigenvalue weighted by Crippen LogP contribution is -2.51. The lowest BCUT2D eigenvalue weighted by molar-refractivity contribution is -0.122. The van der Waals surface area contributed by atoms with Gasteiger partial charge < -0.3 is 5.73 Å². The van der Waals surface area contributed by atoms with Crippen LogP contribution < -0.4 is 5.73 Å². The molecule has 6 nitrogen and oxygen atoms in total. The van der Waals surface area contributed by atoms with E-state index < -0.39 is 22.0 Å². The van der Waals surface area contributed by atoms with Crippen LogP contribution in [0.25, 0.3) is 0 Å². The van der Waals surface area contributed by atoms with E-state index in [-0.39, 0.29) is 23.0 Å². The van der Waals surface area contributed by atoms with Crippen LogP contribution in [0.1, 0.15) is 11.1 Å². The molecule has 1 aromatic carbocycles. The molecule has 0 aliphatic carbocycles. The van der Waals surface area contributed by atoms with E-state index in [1.807, 2.05) is 24.3 Å². The van der Waals surface area contributed by atoms with E-state index in [0.717, 1.165) is 15.4 Å². The molecule has 8 heteroatoms. The van der Waals surface area contributed by atoms with Gasteiger partial charge in [-0.3, -0.25) is 4.79 Å². The van der Waals surface area contributed by atoms with Gasteiger partial charge in [-0.1, -0.05) is 35.9 Å². The zero-order valence-electron chi connectivity index (χ0n) is 12.0. The molecule has 0 radical (unpaired) electrons. The second-order valence-corrected chi connectivity index (χ2v) is 7.54. The monoisotopic (exact) mass is 351 g/mol. The first kappa shape index (κ1) is 15.9. The standard InChI is InChI=1S/C15H14ClN3O3S/c16-14-6-5-12(8-18-14)23(21,22)19-9-11-4-2-1-3-10(11)7-13(19)15(17)20/h1-6,8,13H,7,9H2,(H2,17,20)/t13-/m0/s1. The van der Waals surface area contributed by atoms with E-state index in [9.17, 15) is 13.2 Å². The molecule has 2 heterocycles. The lowest BCUT2D eigenvalue weighted by atomic mass is 9.96. The first-order chi connectivity index (χ1) is 10.9. The number of fused-ring (bicyclic) bond motifs is 1. The molecule has 23 heavy (non-hydrogen) atoms. The fourth-order valence-electron chi connectivity index (χ4n) is 2.64. The summed E-state index contributed by atoms with van der Waals surface area (Å²) < 4.78 is 26.8. The number of nitrogens with two attached hydrogens (primary N) is 1. The number of primary amides is 1. The zero-order valence-corrected chi connectivity index (χ0v) is 13.6. The Morgan fingerprint density at radius 3 is 2.52 bits per heavy atom. The van der Waals surface area contributed by atoms with Crippen molar-refractivity contribution in [1.29, 1.82) is 0 Å². The SMILES string of the molecule is NC(=O)[C@@H]1Cc2ccccc2CN1S(=O)(=O)c1ccc(Cl)nc1. The van der Waals surface area contributed by atoms with Gasteiger partial charge in [0, 0.05) is 12.7 Å². The second-order valence-electron chi connectivity index (χ2n) is 5.26. The fraction of sp³-hybridized carbons (Fsp3) is 0.200. The van der Waals surface area contributed by atoms with Crippen LogP contribution in [0.3, 0.4) is 0 Å². The Hall–Kier alpha value is -1.96. The summed E-state index contributed by atoms with van der Waals surface area (Å²) in [4.78, 5) is 15.6. The van der Waals surface area contributed by atoms with Crippen LogP contribution in [0.15, 0.2) is 47.5 Å². The fourth-order valence-corrected chi connectivity index (χ4v) is 4.28. The second kappa shape index (κ2) is 5.92. The molecule has 120 valence electrons. The van der Waals surface area contributed by atoms with Gasteiger partial charge in [-0.05, 0) is 29.7 Å². The Balaban J connectivity index is 2.05. The molecule has 0 fully saturated rings. The summed E-state index contributed by atoms with van der Waals surface area (Å²) in [6.07, 6.45) is 1.43. The van der Waals surface area contributed by atoms with Crippen molar-refractivity contribution < 1.29 is 13.2 Å². The van der Waals surface area contributed by atoms with E-state index >= 15 is 0 Å². The van der Waals surface area contributed by atoms with Gasteiger partial charge in [-0.15, -0.1) is 0 Å². The molecule has 1 aliphatic rings. The van der Waals surface area contributed by atoms with Gasteiger partial charge in [-0.2, -0.15) is 4.31 Å². The molecule has 0 saturated heterocycles. The maximum atomic E-state index is 12.9. The van der Waals surface area contributed by atoms with Crippen LogP contribution >= 0.6 is 11.6 Å². The lowest BCUT2D eigenvalue weighted by Gasteiger charge is -2.33. The minimum absolute atomic E-state index is 0.0208. The molecule has 0 spiro atoms. The average Bonchev–Trinajstić information content (AvgIpc) is 2.54. The Kier molecular flexibility index (Phi) is 4.09. The molecular formula is C15H14ClN3O3S. The average molecular weight is 352 g/mol. The van der Waals surface area contributed by atoms with Gasteiger partial charge in [0.2, 0.25) is 15.9 Å². The molecule has 1 aromatic heterocycles. The minimum Gasteiger partial charge on any atom is -0.368 e. The number of pyridine rings is 1. The van der Waals surface area contributed by atoms with Crippen molar-refractivity contribution >= 4 is 27.5 Å². The summed E-state index contributed by atoms with van der Waals surface area (Å²) in [6.45, 7) is 0.0920. The Morgan fingerprint density at radius 2 is 1.91 bits per heavy atom. The normalized spacial score (nSPS) is 18.4. The third kappa shape index (κ3) is 2.95. The van der Waals surface area contributed by atoms with Gasteiger partial charge in [0.1, 0.15) is 16.1 Å². The highest BCUT2D eigenvalue weighted by Crippen LogP contribution is 2.29. The smallest absolute Gasteiger partial charge is 0.245 e.